The van der Waals surface area contributed by atoms with Gasteiger partial charge in [0.2, 0.25) is 0 Å². The van der Waals surface area contributed by atoms with Crippen LogP contribution in [0.1, 0.15) is 26.4 Å². The number of ether oxygens (including phenoxy) is 1. The molecule has 1 aliphatic rings. The number of hydrogen-bond donors (Lipinski definition) is 1. The van der Waals surface area contributed by atoms with Crippen LogP contribution in [-0.2, 0) is 11.8 Å². The molecule has 0 bridgehead atoms. The molecule has 0 atom stereocenters. The van der Waals surface area contributed by atoms with Crippen LogP contribution in [0.2, 0.25) is 0 Å². The number of nitrogens with one attached hydrogen (secondary N) is 1. The second-order valence-corrected chi connectivity index (χ2v) is 6.74. The Kier molecular flexibility index (Phi) is 4.79. The lowest BCUT2D eigenvalue weighted by Gasteiger charge is -2.26. The average Bonchev–Trinajstić information content (AvgIpc) is 3.02. The van der Waals surface area contributed by atoms with Crippen molar-refractivity contribution >= 4 is 28.5 Å². The minimum absolute atomic E-state index is 0.0251. The van der Waals surface area contributed by atoms with Gasteiger partial charge in [-0.2, -0.15) is 5.10 Å². The molecule has 0 unspecified atom stereocenters. The molecule has 0 spiro atoms. The van der Waals surface area contributed by atoms with E-state index in [4.69, 9.17) is 4.74 Å². The topological polar surface area (TPSA) is 89.3 Å². The van der Waals surface area contributed by atoms with Crippen LogP contribution in [0, 0.1) is 6.92 Å². The SMILES string of the molecule is Cc1nn(C)c2ncc(C(=O)Nc3ccc(C(=O)N4CCOCC4)cc3)cc12. The van der Waals surface area contributed by atoms with Crippen molar-refractivity contribution in [1.82, 2.24) is 19.7 Å². The first kappa shape index (κ1) is 18.1. The first-order valence-corrected chi connectivity index (χ1v) is 9.11. The first-order valence-electron chi connectivity index (χ1n) is 9.11. The van der Waals surface area contributed by atoms with Crippen molar-refractivity contribution in [3.05, 3.63) is 53.3 Å². The minimum Gasteiger partial charge on any atom is -0.378 e. The summed E-state index contributed by atoms with van der Waals surface area (Å²) in [5.74, 6) is -0.284. The Balaban J connectivity index is 1.47. The largest absolute Gasteiger partial charge is 0.378 e. The normalized spacial score (nSPS) is 14.3. The molecule has 2 aromatic heterocycles. The number of carbonyl (C=O) groups is 2. The molecular weight excluding hydrogens is 358 g/mol. The molecule has 1 aliphatic heterocycles. The number of morpholine rings is 1. The number of aryl methyl sites for hydroxylation is 2. The number of rotatable bonds is 3. The number of aromatic nitrogens is 3. The Hall–Kier alpha value is -3.26. The highest BCUT2D eigenvalue weighted by Crippen LogP contribution is 2.18. The molecule has 8 nitrogen and oxygen atoms in total. The summed E-state index contributed by atoms with van der Waals surface area (Å²) in [5, 5.41) is 8.01. The third-order valence-electron chi connectivity index (χ3n) is 4.81. The van der Waals surface area contributed by atoms with Crippen molar-refractivity contribution < 1.29 is 14.3 Å². The van der Waals surface area contributed by atoms with Crippen molar-refractivity contribution in [2.75, 3.05) is 31.6 Å². The van der Waals surface area contributed by atoms with Gasteiger partial charge in [0.1, 0.15) is 0 Å². The molecule has 3 aromatic rings. The number of pyridine rings is 1. The van der Waals surface area contributed by atoms with E-state index in [0.29, 0.717) is 43.1 Å². The van der Waals surface area contributed by atoms with Gasteiger partial charge < -0.3 is 15.0 Å². The lowest BCUT2D eigenvalue weighted by molar-refractivity contribution is 0.0303. The van der Waals surface area contributed by atoms with E-state index in [9.17, 15) is 9.59 Å². The van der Waals surface area contributed by atoms with Crippen LogP contribution in [-0.4, -0.2) is 57.8 Å². The van der Waals surface area contributed by atoms with Crippen molar-refractivity contribution in [1.29, 1.82) is 0 Å². The predicted octanol–water partition coefficient (Wildman–Crippen LogP) is 2.00. The van der Waals surface area contributed by atoms with E-state index in [1.165, 1.54) is 6.20 Å². The molecule has 1 N–H and O–H groups in total. The quantitative estimate of drug-likeness (QED) is 0.752. The van der Waals surface area contributed by atoms with E-state index in [1.54, 1.807) is 39.9 Å². The molecule has 28 heavy (non-hydrogen) atoms. The lowest BCUT2D eigenvalue weighted by Crippen LogP contribution is -2.40. The Bertz CT molecular complexity index is 1040. The highest BCUT2D eigenvalue weighted by atomic mass is 16.5. The smallest absolute Gasteiger partial charge is 0.257 e. The molecule has 2 amide bonds. The first-order chi connectivity index (χ1) is 13.5. The number of hydrogen-bond acceptors (Lipinski definition) is 5. The van der Waals surface area contributed by atoms with E-state index in [1.807, 2.05) is 14.0 Å². The molecule has 3 heterocycles. The van der Waals surface area contributed by atoms with Gasteiger partial charge in [0.25, 0.3) is 11.8 Å². The summed E-state index contributed by atoms with van der Waals surface area (Å²) < 4.78 is 6.97. The maximum atomic E-state index is 12.6. The number of carbonyl (C=O) groups excluding carboxylic acids is 2. The van der Waals surface area contributed by atoms with Gasteiger partial charge in [-0.05, 0) is 37.3 Å². The highest BCUT2D eigenvalue weighted by Gasteiger charge is 2.18. The van der Waals surface area contributed by atoms with Crippen LogP contribution < -0.4 is 5.32 Å². The van der Waals surface area contributed by atoms with Crippen molar-refractivity contribution in [2.24, 2.45) is 7.05 Å². The van der Waals surface area contributed by atoms with Gasteiger partial charge in [-0.3, -0.25) is 14.3 Å². The Labute approximate surface area is 162 Å². The summed E-state index contributed by atoms with van der Waals surface area (Å²) in [5.41, 5.74) is 3.23. The number of amides is 2. The zero-order valence-corrected chi connectivity index (χ0v) is 15.8. The van der Waals surface area contributed by atoms with E-state index in [-0.39, 0.29) is 11.8 Å². The van der Waals surface area contributed by atoms with Crippen LogP contribution in [0.3, 0.4) is 0 Å². The monoisotopic (exact) mass is 379 g/mol. The lowest BCUT2D eigenvalue weighted by atomic mass is 10.1. The summed E-state index contributed by atoms with van der Waals surface area (Å²) in [7, 11) is 1.82. The summed E-state index contributed by atoms with van der Waals surface area (Å²) in [4.78, 5) is 31.2. The molecule has 8 heteroatoms. The fourth-order valence-electron chi connectivity index (χ4n) is 3.28. The fourth-order valence-corrected chi connectivity index (χ4v) is 3.28. The Morgan fingerprint density at radius 3 is 2.54 bits per heavy atom. The molecule has 4 rings (SSSR count). The molecule has 1 aromatic carbocycles. The number of fused-ring (bicyclic) bond motifs is 1. The van der Waals surface area contributed by atoms with Crippen LogP contribution >= 0.6 is 0 Å². The van der Waals surface area contributed by atoms with Gasteiger partial charge in [0, 0.05) is 43.0 Å². The van der Waals surface area contributed by atoms with Crippen molar-refractivity contribution in [3.63, 3.8) is 0 Å². The summed E-state index contributed by atoms with van der Waals surface area (Å²) in [6.45, 7) is 4.21. The molecular formula is C20H21N5O3. The molecule has 1 saturated heterocycles. The Morgan fingerprint density at radius 1 is 1.11 bits per heavy atom. The van der Waals surface area contributed by atoms with E-state index in [2.05, 4.69) is 15.4 Å². The van der Waals surface area contributed by atoms with Gasteiger partial charge >= 0.3 is 0 Å². The summed E-state index contributed by atoms with van der Waals surface area (Å²) in [6.07, 6.45) is 1.54. The zero-order chi connectivity index (χ0) is 19.7. The van der Waals surface area contributed by atoms with Gasteiger partial charge in [-0.15, -0.1) is 0 Å². The zero-order valence-electron chi connectivity index (χ0n) is 15.8. The molecule has 0 aliphatic carbocycles. The summed E-state index contributed by atoms with van der Waals surface area (Å²) >= 11 is 0. The third kappa shape index (κ3) is 3.46. The van der Waals surface area contributed by atoms with Crippen LogP contribution in [0.25, 0.3) is 11.0 Å². The van der Waals surface area contributed by atoms with Crippen LogP contribution in [0.4, 0.5) is 5.69 Å². The van der Waals surface area contributed by atoms with Crippen molar-refractivity contribution in [2.45, 2.75) is 6.92 Å². The average molecular weight is 379 g/mol. The second kappa shape index (κ2) is 7.40. The maximum Gasteiger partial charge on any atom is 0.257 e. The number of anilines is 1. The molecule has 1 fully saturated rings. The molecule has 144 valence electrons. The van der Waals surface area contributed by atoms with Gasteiger partial charge in [-0.1, -0.05) is 0 Å². The second-order valence-electron chi connectivity index (χ2n) is 6.74. The summed E-state index contributed by atoms with van der Waals surface area (Å²) in [6, 6.07) is 8.69. The third-order valence-corrected chi connectivity index (χ3v) is 4.81. The molecule has 0 saturated carbocycles. The van der Waals surface area contributed by atoms with E-state index >= 15 is 0 Å². The highest BCUT2D eigenvalue weighted by molar-refractivity contribution is 6.06. The minimum atomic E-state index is -0.259. The van der Waals surface area contributed by atoms with E-state index in [0.717, 1.165) is 16.7 Å². The maximum absolute atomic E-state index is 12.6. The van der Waals surface area contributed by atoms with Crippen LogP contribution in [0.5, 0.6) is 0 Å². The van der Waals surface area contributed by atoms with Gasteiger partial charge in [-0.25, -0.2) is 4.98 Å². The standard InChI is InChI=1S/C20H21N5O3/c1-13-17-11-15(12-21-18(17)24(2)23-13)19(26)22-16-5-3-14(4-6-16)20(27)25-7-9-28-10-8-25/h3-6,11-12H,7-10H2,1-2H3,(H,22,26). The predicted molar refractivity (Wildman–Crippen MR) is 104 cm³/mol. The number of benzene rings is 1. The Morgan fingerprint density at radius 2 is 1.82 bits per heavy atom. The van der Waals surface area contributed by atoms with Gasteiger partial charge in [0.05, 0.1) is 24.5 Å². The van der Waals surface area contributed by atoms with Gasteiger partial charge in [0.15, 0.2) is 5.65 Å². The number of nitrogens with zero attached hydrogens (tertiary/aromatic N) is 4. The molecule has 0 radical (unpaired) electrons. The fraction of sp³-hybridized carbons (Fsp3) is 0.300. The van der Waals surface area contributed by atoms with E-state index < -0.39 is 0 Å². The van der Waals surface area contributed by atoms with Crippen molar-refractivity contribution in [3.8, 4) is 0 Å². The van der Waals surface area contributed by atoms with Crippen LogP contribution in [0.15, 0.2) is 36.5 Å².